The first kappa shape index (κ1) is 24.9. The molecule has 0 fully saturated rings. The summed E-state index contributed by atoms with van der Waals surface area (Å²) < 4.78 is 25.8. The fourth-order valence-electron chi connectivity index (χ4n) is 3.73. The number of aliphatic hydroxyl groups is 1. The van der Waals surface area contributed by atoms with Crippen LogP contribution in [-0.2, 0) is 5.60 Å². The first-order valence-electron chi connectivity index (χ1n) is 11.2. The minimum atomic E-state index is -1.39. The summed E-state index contributed by atoms with van der Waals surface area (Å²) in [5, 5.41) is 17.3. The van der Waals surface area contributed by atoms with Crippen LogP contribution >= 0.6 is 0 Å². The van der Waals surface area contributed by atoms with E-state index in [0.29, 0.717) is 39.3 Å². The van der Waals surface area contributed by atoms with Crippen molar-refractivity contribution in [3.05, 3.63) is 78.3 Å². The molecule has 8 nitrogen and oxygen atoms in total. The molecule has 4 aromatic rings. The van der Waals surface area contributed by atoms with E-state index in [-0.39, 0.29) is 5.95 Å². The van der Waals surface area contributed by atoms with Crippen molar-refractivity contribution < 1.29 is 13.9 Å². The number of fused-ring (bicyclic) bond motifs is 1. The number of rotatable bonds is 9. The zero-order chi connectivity index (χ0) is 25.9. The molecule has 4 N–H and O–H groups in total. The molecule has 0 bridgehead atoms. The molecule has 0 amide bonds. The smallest absolute Gasteiger partial charge is 0.220 e. The standard InChI is InChI=1S/C26H27F2N7O/c1-16(13-32-35(3)19(11-27)12-28)17-9-20-21(15-31-24(20)30-14-17)22-10-23(34-25(29)33-22)26(2,36)18-7-5-4-6-8-18/h4-10,13-15,19,36H,1,11-12H2,2-3H3,(H,30,31)(H2,29,33,34). The summed E-state index contributed by atoms with van der Waals surface area (Å²) in [4.78, 5) is 16.2. The highest BCUT2D eigenvalue weighted by Crippen LogP contribution is 2.33. The van der Waals surface area contributed by atoms with Crippen LogP contribution in [-0.4, -0.2) is 62.7 Å². The third kappa shape index (κ3) is 4.94. The number of nitrogen functional groups attached to an aromatic ring is 1. The van der Waals surface area contributed by atoms with Crippen LogP contribution in [0.1, 0.15) is 23.7 Å². The summed E-state index contributed by atoms with van der Waals surface area (Å²) in [6.07, 6.45) is 4.81. The van der Waals surface area contributed by atoms with Gasteiger partial charge >= 0.3 is 0 Å². The van der Waals surface area contributed by atoms with Crippen molar-refractivity contribution in [3.63, 3.8) is 0 Å². The number of hydrogen-bond donors (Lipinski definition) is 3. The molecular weight excluding hydrogens is 464 g/mol. The number of pyridine rings is 1. The van der Waals surface area contributed by atoms with Crippen molar-refractivity contribution in [2.24, 2.45) is 5.10 Å². The lowest BCUT2D eigenvalue weighted by molar-refractivity contribution is 0.0975. The van der Waals surface area contributed by atoms with Gasteiger partial charge in [0.1, 0.15) is 30.6 Å². The van der Waals surface area contributed by atoms with E-state index in [1.807, 2.05) is 36.4 Å². The largest absolute Gasteiger partial charge is 0.379 e. The lowest BCUT2D eigenvalue weighted by atomic mass is 9.91. The van der Waals surface area contributed by atoms with E-state index >= 15 is 0 Å². The third-order valence-electron chi connectivity index (χ3n) is 6.04. The molecule has 0 saturated carbocycles. The molecule has 1 aromatic carbocycles. The summed E-state index contributed by atoms with van der Waals surface area (Å²) in [6, 6.07) is 11.8. The second-order valence-corrected chi connectivity index (χ2v) is 8.56. The second kappa shape index (κ2) is 10.2. The second-order valence-electron chi connectivity index (χ2n) is 8.56. The number of nitrogens with one attached hydrogen (secondary N) is 1. The van der Waals surface area contributed by atoms with Gasteiger partial charge in [0.15, 0.2) is 0 Å². The number of aromatic nitrogens is 4. The van der Waals surface area contributed by atoms with Crippen molar-refractivity contribution in [1.29, 1.82) is 0 Å². The Balaban J connectivity index is 1.70. The average molecular weight is 492 g/mol. The van der Waals surface area contributed by atoms with Crippen LogP contribution in [0.2, 0.25) is 0 Å². The minimum Gasteiger partial charge on any atom is -0.379 e. The van der Waals surface area contributed by atoms with Crippen LogP contribution in [0.3, 0.4) is 0 Å². The van der Waals surface area contributed by atoms with E-state index in [4.69, 9.17) is 5.73 Å². The Bertz CT molecular complexity index is 1400. The molecule has 0 saturated heterocycles. The van der Waals surface area contributed by atoms with Gasteiger partial charge < -0.3 is 15.8 Å². The summed E-state index contributed by atoms with van der Waals surface area (Å²) in [6.45, 7) is 3.96. The lowest BCUT2D eigenvalue weighted by Crippen LogP contribution is -2.31. The Labute approximate surface area is 207 Å². The number of anilines is 1. The third-order valence-corrected chi connectivity index (χ3v) is 6.04. The summed E-state index contributed by atoms with van der Waals surface area (Å²) >= 11 is 0. The number of nitrogens with two attached hydrogens (primary N) is 1. The number of allylic oxidation sites excluding steroid dienone is 1. The van der Waals surface area contributed by atoms with Crippen LogP contribution in [0.15, 0.2) is 66.5 Å². The molecule has 1 unspecified atom stereocenters. The van der Waals surface area contributed by atoms with Gasteiger partial charge in [0.2, 0.25) is 5.95 Å². The van der Waals surface area contributed by atoms with Crippen LogP contribution in [0, 0.1) is 0 Å². The van der Waals surface area contributed by atoms with Crippen molar-refractivity contribution in [3.8, 4) is 11.3 Å². The Kier molecular flexibility index (Phi) is 7.07. The molecule has 0 spiro atoms. The highest BCUT2D eigenvalue weighted by Gasteiger charge is 2.28. The van der Waals surface area contributed by atoms with Gasteiger partial charge in [-0.3, -0.25) is 5.01 Å². The van der Waals surface area contributed by atoms with Gasteiger partial charge in [0.25, 0.3) is 0 Å². The van der Waals surface area contributed by atoms with Crippen molar-refractivity contribution in [2.75, 3.05) is 26.1 Å². The lowest BCUT2D eigenvalue weighted by Gasteiger charge is -2.24. The van der Waals surface area contributed by atoms with Gasteiger partial charge in [-0.25, -0.2) is 23.7 Å². The number of hydrazone groups is 1. The zero-order valence-electron chi connectivity index (χ0n) is 20.0. The number of aromatic amines is 1. The molecule has 10 heteroatoms. The molecule has 1 atom stereocenters. The van der Waals surface area contributed by atoms with Crippen molar-refractivity contribution >= 4 is 28.8 Å². The normalized spacial score (nSPS) is 13.4. The van der Waals surface area contributed by atoms with Crippen LogP contribution in [0.4, 0.5) is 14.7 Å². The topological polar surface area (TPSA) is 116 Å². The molecule has 0 aliphatic carbocycles. The predicted octanol–water partition coefficient (Wildman–Crippen LogP) is 4.10. The molecule has 0 radical (unpaired) electrons. The summed E-state index contributed by atoms with van der Waals surface area (Å²) in [5.74, 6) is 0.0204. The SMILES string of the molecule is C=C(C=NN(C)C(CF)CF)c1cnc2[nH]cc(-c3cc(C(C)(O)c4ccccc4)nc(N)n3)c2c1. The van der Waals surface area contributed by atoms with Gasteiger partial charge in [-0.1, -0.05) is 36.9 Å². The molecule has 36 heavy (non-hydrogen) atoms. The molecule has 0 aliphatic heterocycles. The Morgan fingerprint density at radius 3 is 2.67 bits per heavy atom. The van der Waals surface area contributed by atoms with Gasteiger partial charge in [0, 0.05) is 36.0 Å². The van der Waals surface area contributed by atoms with Gasteiger partial charge in [-0.2, -0.15) is 5.10 Å². The van der Waals surface area contributed by atoms with Crippen molar-refractivity contribution in [1.82, 2.24) is 24.9 Å². The average Bonchev–Trinajstić information content (AvgIpc) is 3.31. The maximum Gasteiger partial charge on any atom is 0.220 e. The van der Waals surface area contributed by atoms with E-state index in [0.717, 1.165) is 5.39 Å². The van der Waals surface area contributed by atoms with E-state index in [9.17, 15) is 13.9 Å². The number of nitrogens with zero attached hydrogens (tertiary/aromatic N) is 5. The molecule has 3 heterocycles. The van der Waals surface area contributed by atoms with Crippen LogP contribution in [0.5, 0.6) is 0 Å². The maximum atomic E-state index is 12.9. The Morgan fingerprint density at radius 1 is 1.25 bits per heavy atom. The summed E-state index contributed by atoms with van der Waals surface area (Å²) in [7, 11) is 1.50. The van der Waals surface area contributed by atoms with Crippen LogP contribution < -0.4 is 5.73 Å². The highest BCUT2D eigenvalue weighted by molar-refractivity contribution is 6.10. The molecule has 4 rings (SSSR count). The predicted molar refractivity (Wildman–Crippen MR) is 138 cm³/mol. The Hall–Kier alpha value is -4.18. The quantitative estimate of drug-likeness (QED) is 0.240. The monoisotopic (exact) mass is 491 g/mol. The summed E-state index contributed by atoms with van der Waals surface area (Å²) in [5.41, 5.74) is 8.65. The number of H-pyrrole nitrogens is 1. The Morgan fingerprint density at radius 2 is 1.97 bits per heavy atom. The number of alkyl halides is 2. The van der Waals surface area contributed by atoms with E-state index in [1.165, 1.54) is 18.3 Å². The molecular formula is C26H27F2N7O. The van der Waals surface area contributed by atoms with Gasteiger partial charge in [-0.15, -0.1) is 0 Å². The maximum absolute atomic E-state index is 12.9. The zero-order valence-corrected chi connectivity index (χ0v) is 20.0. The van der Waals surface area contributed by atoms with E-state index in [1.54, 1.807) is 25.4 Å². The first-order valence-corrected chi connectivity index (χ1v) is 11.2. The first-order chi connectivity index (χ1) is 17.2. The molecule has 3 aromatic heterocycles. The number of halogens is 2. The van der Waals surface area contributed by atoms with Gasteiger partial charge in [0.05, 0.1) is 17.6 Å². The van der Waals surface area contributed by atoms with Crippen molar-refractivity contribution in [2.45, 2.75) is 18.6 Å². The van der Waals surface area contributed by atoms with E-state index in [2.05, 4.69) is 31.6 Å². The number of hydrogen-bond acceptors (Lipinski definition) is 7. The highest BCUT2D eigenvalue weighted by atomic mass is 19.1. The molecule has 186 valence electrons. The van der Waals surface area contributed by atoms with E-state index < -0.39 is 25.0 Å². The fourth-order valence-corrected chi connectivity index (χ4v) is 3.73. The minimum absolute atomic E-state index is 0.0204. The number of benzene rings is 1. The van der Waals surface area contributed by atoms with Crippen LogP contribution in [0.25, 0.3) is 27.9 Å². The van der Waals surface area contributed by atoms with Gasteiger partial charge in [-0.05, 0) is 30.2 Å². The molecule has 0 aliphatic rings. The fraction of sp³-hybridized carbons (Fsp3) is 0.231.